The normalized spacial score (nSPS) is 26.4. The third-order valence-corrected chi connectivity index (χ3v) is 7.68. The van der Waals surface area contributed by atoms with Gasteiger partial charge in [-0.3, -0.25) is 4.79 Å². The highest BCUT2D eigenvalue weighted by atomic mass is 32.2. The second-order valence-electron chi connectivity index (χ2n) is 6.76. The Morgan fingerprint density at radius 3 is 2.64 bits per heavy atom. The largest absolute Gasteiger partial charge is 0.346 e. The Morgan fingerprint density at radius 1 is 1.32 bits per heavy atom. The van der Waals surface area contributed by atoms with E-state index in [1.807, 2.05) is 4.90 Å². The Morgan fingerprint density at radius 2 is 2.00 bits per heavy atom. The number of nitrogens with zero attached hydrogens (tertiary/aromatic N) is 2. The van der Waals surface area contributed by atoms with Gasteiger partial charge in [-0.15, -0.1) is 0 Å². The number of amidine groups is 1. The van der Waals surface area contributed by atoms with Crippen molar-refractivity contribution in [2.24, 2.45) is 10.9 Å². The number of carbonyl (C=O) groups is 1. The number of thioether (sulfide) groups is 1. The predicted molar refractivity (Wildman–Crippen MR) is 97.9 cm³/mol. The van der Waals surface area contributed by atoms with Gasteiger partial charge in [-0.1, -0.05) is 37.7 Å². The van der Waals surface area contributed by atoms with E-state index in [1.54, 1.807) is 26.0 Å². The van der Waals surface area contributed by atoms with Crippen LogP contribution in [0.2, 0.25) is 0 Å². The lowest BCUT2D eigenvalue weighted by atomic mass is 10.1. The monoisotopic (exact) mass is 384 g/mol. The summed E-state index contributed by atoms with van der Waals surface area (Å²) in [6.45, 7) is 4.14. The van der Waals surface area contributed by atoms with E-state index < -0.39 is 9.84 Å². The van der Waals surface area contributed by atoms with E-state index in [4.69, 9.17) is 0 Å². The zero-order valence-electron chi connectivity index (χ0n) is 14.2. The van der Waals surface area contributed by atoms with Crippen LogP contribution in [0, 0.1) is 11.7 Å². The van der Waals surface area contributed by atoms with Crippen LogP contribution in [0.25, 0.3) is 0 Å². The summed E-state index contributed by atoms with van der Waals surface area (Å²) in [7, 11) is -3.05. The molecule has 0 aliphatic carbocycles. The van der Waals surface area contributed by atoms with Crippen LogP contribution < -0.4 is 0 Å². The van der Waals surface area contributed by atoms with Crippen LogP contribution in [0.4, 0.5) is 4.39 Å². The molecule has 25 heavy (non-hydrogen) atoms. The minimum atomic E-state index is -3.05. The number of fused-ring (bicyclic) bond motifs is 1. The molecule has 3 rings (SSSR count). The number of hydrogen-bond acceptors (Lipinski definition) is 4. The van der Waals surface area contributed by atoms with E-state index in [2.05, 4.69) is 4.99 Å². The van der Waals surface area contributed by atoms with Crippen LogP contribution in [0.15, 0.2) is 29.3 Å². The van der Waals surface area contributed by atoms with Gasteiger partial charge in [0.05, 0.1) is 17.5 Å². The van der Waals surface area contributed by atoms with Gasteiger partial charge in [0.15, 0.2) is 15.0 Å². The standard InChI is InChI=1S/C17H21FN2O3S2/c1-11(2)16(21)19-17-20(8-7-12-3-5-13(18)6-4-12)14-9-25(22,23)10-15(14)24-17/h3-6,11,14-15H,7-10H2,1-2H3/t14-,15-/m1/s1. The molecule has 2 fully saturated rings. The molecular weight excluding hydrogens is 363 g/mol. The summed E-state index contributed by atoms with van der Waals surface area (Å²) in [5.41, 5.74) is 0.963. The average molecular weight is 384 g/mol. The highest BCUT2D eigenvalue weighted by molar-refractivity contribution is 8.15. The first-order valence-corrected chi connectivity index (χ1v) is 11.0. The van der Waals surface area contributed by atoms with Gasteiger partial charge in [0, 0.05) is 17.7 Å². The molecule has 0 bridgehead atoms. The molecule has 1 aromatic carbocycles. The minimum Gasteiger partial charge on any atom is -0.346 e. The molecule has 5 nitrogen and oxygen atoms in total. The van der Waals surface area contributed by atoms with Crippen molar-refractivity contribution in [3.63, 3.8) is 0 Å². The lowest BCUT2D eigenvalue weighted by Gasteiger charge is -2.24. The molecule has 2 saturated heterocycles. The van der Waals surface area contributed by atoms with Crippen molar-refractivity contribution in [2.45, 2.75) is 31.6 Å². The van der Waals surface area contributed by atoms with Gasteiger partial charge < -0.3 is 4.90 Å². The van der Waals surface area contributed by atoms with Gasteiger partial charge in [0.2, 0.25) is 0 Å². The average Bonchev–Trinajstić information content (AvgIpc) is 2.98. The molecule has 0 N–H and O–H groups in total. The quantitative estimate of drug-likeness (QED) is 0.796. The topological polar surface area (TPSA) is 66.8 Å². The smallest absolute Gasteiger partial charge is 0.250 e. The van der Waals surface area contributed by atoms with E-state index in [0.717, 1.165) is 5.56 Å². The fourth-order valence-electron chi connectivity index (χ4n) is 3.02. The lowest BCUT2D eigenvalue weighted by Crippen LogP contribution is -2.39. The number of amides is 1. The first-order valence-electron chi connectivity index (χ1n) is 8.26. The molecule has 0 spiro atoms. The van der Waals surface area contributed by atoms with Gasteiger partial charge in [0.25, 0.3) is 5.91 Å². The van der Waals surface area contributed by atoms with Crippen LogP contribution >= 0.6 is 11.8 Å². The van der Waals surface area contributed by atoms with Crippen LogP contribution in [-0.2, 0) is 21.1 Å². The summed E-state index contributed by atoms with van der Waals surface area (Å²) in [5, 5.41) is 0.544. The molecule has 1 amide bonds. The number of hydrogen-bond donors (Lipinski definition) is 0. The number of benzene rings is 1. The first kappa shape index (κ1) is 18.4. The molecule has 0 aromatic heterocycles. The molecule has 1 aromatic rings. The summed E-state index contributed by atoms with van der Waals surface area (Å²) >= 11 is 1.39. The highest BCUT2D eigenvalue weighted by Gasteiger charge is 2.48. The zero-order valence-corrected chi connectivity index (χ0v) is 15.8. The zero-order chi connectivity index (χ0) is 18.2. The number of carbonyl (C=O) groups excluding carboxylic acids is 1. The summed E-state index contributed by atoms with van der Waals surface area (Å²) < 4.78 is 36.9. The number of rotatable bonds is 4. The molecule has 2 aliphatic rings. The minimum absolute atomic E-state index is 0.0723. The molecule has 2 aliphatic heterocycles. The lowest BCUT2D eigenvalue weighted by molar-refractivity contribution is -0.120. The Balaban J connectivity index is 1.79. The SMILES string of the molecule is CC(C)C(=O)N=C1S[C@@H]2CS(=O)(=O)C[C@H]2N1CCc1ccc(F)cc1. The summed E-state index contributed by atoms with van der Waals surface area (Å²) in [5.74, 6) is -0.451. The molecule has 2 heterocycles. The van der Waals surface area contributed by atoms with E-state index >= 15 is 0 Å². The Labute approximate surface area is 151 Å². The highest BCUT2D eigenvalue weighted by Crippen LogP contribution is 2.38. The molecule has 8 heteroatoms. The third kappa shape index (κ3) is 4.23. The Kier molecular flexibility index (Phi) is 5.20. The first-order chi connectivity index (χ1) is 11.7. The van der Waals surface area contributed by atoms with E-state index in [1.165, 1.54) is 23.9 Å². The number of halogens is 1. The maximum atomic E-state index is 13.0. The van der Waals surface area contributed by atoms with Crippen LogP contribution in [0.5, 0.6) is 0 Å². The van der Waals surface area contributed by atoms with Gasteiger partial charge in [-0.25, -0.2) is 12.8 Å². The summed E-state index contributed by atoms with van der Waals surface area (Å²) in [4.78, 5) is 18.2. The van der Waals surface area contributed by atoms with Gasteiger partial charge in [0.1, 0.15) is 5.82 Å². The molecule has 2 atom stereocenters. The third-order valence-electron chi connectivity index (χ3n) is 4.43. The van der Waals surface area contributed by atoms with Crippen molar-refractivity contribution in [1.82, 2.24) is 4.90 Å². The molecule has 0 unspecified atom stereocenters. The number of sulfone groups is 1. The summed E-state index contributed by atoms with van der Waals surface area (Å²) in [6, 6.07) is 6.12. The van der Waals surface area contributed by atoms with Crippen LogP contribution in [0.1, 0.15) is 19.4 Å². The number of aliphatic imine (C=N–C) groups is 1. The van der Waals surface area contributed by atoms with Gasteiger partial charge in [-0.2, -0.15) is 4.99 Å². The maximum absolute atomic E-state index is 13.0. The van der Waals surface area contributed by atoms with Crippen molar-refractivity contribution >= 4 is 32.7 Å². The fourth-order valence-corrected chi connectivity index (χ4v) is 7.00. The second kappa shape index (κ2) is 7.07. The Bertz CT molecular complexity index is 791. The van der Waals surface area contributed by atoms with E-state index in [9.17, 15) is 17.6 Å². The van der Waals surface area contributed by atoms with Crippen molar-refractivity contribution in [3.05, 3.63) is 35.6 Å². The Hall–Kier alpha value is -1.41. The van der Waals surface area contributed by atoms with Crippen LogP contribution in [-0.4, -0.2) is 53.7 Å². The summed E-state index contributed by atoms with van der Waals surface area (Å²) in [6.07, 6.45) is 0.638. The predicted octanol–water partition coefficient (Wildman–Crippen LogP) is 2.12. The van der Waals surface area contributed by atoms with Crippen molar-refractivity contribution in [2.75, 3.05) is 18.1 Å². The molecule has 136 valence electrons. The van der Waals surface area contributed by atoms with E-state index in [0.29, 0.717) is 18.1 Å². The molecule has 0 saturated carbocycles. The van der Waals surface area contributed by atoms with Gasteiger partial charge >= 0.3 is 0 Å². The van der Waals surface area contributed by atoms with E-state index in [-0.39, 0.29) is 40.4 Å². The van der Waals surface area contributed by atoms with Crippen molar-refractivity contribution in [3.8, 4) is 0 Å². The fraction of sp³-hybridized carbons (Fsp3) is 0.529. The van der Waals surface area contributed by atoms with Crippen LogP contribution in [0.3, 0.4) is 0 Å². The van der Waals surface area contributed by atoms with Gasteiger partial charge in [-0.05, 0) is 24.1 Å². The second-order valence-corrected chi connectivity index (χ2v) is 10.1. The maximum Gasteiger partial charge on any atom is 0.250 e. The van der Waals surface area contributed by atoms with Crippen molar-refractivity contribution in [1.29, 1.82) is 0 Å². The molecular formula is C17H21FN2O3S2. The molecule has 0 radical (unpaired) electrons. The van der Waals surface area contributed by atoms with Crippen molar-refractivity contribution < 1.29 is 17.6 Å².